The minimum Gasteiger partial charge on any atom is -0.382 e. The van der Waals surface area contributed by atoms with Crippen molar-refractivity contribution in [1.82, 2.24) is 0 Å². The Bertz CT molecular complexity index is 527. The molecule has 3 aliphatic carbocycles. The highest BCUT2D eigenvalue weighted by Crippen LogP contribution is 2.66. The summed E-state index contributed by atoms with van der Waals surface area (Å²) in [5, 5.41) is 12.6. The molecule has 3 aliphatic rings. The van der Waals surface area contributed by atoms with Gasteiger partial charge in [-0.1, -0.05) is 0 Å². The number of hydrogen-bond donors (Lipinski definition) is 1. The second kappa shape index (κ2) is 3.51. The van der Waals surface area contributed by atoms with Gasteiger partial charge in [-0.05, 0) is 73.6 Å². The zero-order valence-corrected chi connectivity index (χ0v) is 10.7. The van der Waals surface area contributed by atoms with Crippen LogP contribution in [0.3, 0.4) is 0 Å². The number of nitrogens with zero attached hydrogens (tertiary/aromatic N) is 1. The fraction of sp³-hybridized carbons (Fsp3) is 0.562. The molecule has 2 nitrogen and oxygen atoms in total. The van der Waals surface area contributed by atoms with Crippen LogP contribution in [0.25, 0.3) is 0 Å². The molecule has 1 N–H and O–H groups in total. The number of hydrogen-bond acceptors (Lipinski definition) is 2. The molecule has 0 spiro atoms. The van der Waals surface area contributed by atoms with Crippen LogP contribution >= 0.6 is 0 Å². The Labute approximate surface area is 108 Å². The monoisotopic (exact) mass is 238 g/mol. The summed E-state index contributed by atoms with van der Waals surface area (Å²) in [4.78, 5) is 0. The third-order valence-corrected chi connectivity index (χ3v) is 5.42. The van der Waals surface area contributed by atoms with E-state index in [4.69, 9.17) is 5.26 Å². The number of fused-ring (bicyclic) bond motifs is 5. The maximum absolute atomic E-state index is 8.94. The van der Waals surface area contributed by atoms with Gasteiger partial charge < -0.3 is 5.32 Å². The lowest BCUT2D eigenvalue weighted by Gasteiger charge is -2.12. The molecule has 2 bridgehead atoms. The molecule has 4 unspecified atom stereocenters. The molecule has 2 heteroatoms. The molecule has 4 atom stereocenters. The van der Waals surface area contributed by atoms with E-state index < -0.39 is 0 Å². The fourth-order valence-electron chi connectivity index (χ4n) is 4.59. The zero-order chi connectivity index (χ0) is 12.3. The van der Waals surface area contributed by atoms with E-state index in [0.29, 0.717) is 0 Å². The lowest BCUT2D eigenvalue weighted by Crippen LogP contribution is -2.12. The number of aryl methyl sites for hydroxylation is 1. The first-order chi connectivity index (χ1) is 8.78. The van der Waals surface area contributed by atoms with Crippen molar-refractivity contribution in [2.45, 2.75) is 32.2 Å². The Morgan fingerprint density at radius 1 is 1.22 bits per heavy atom. The molecule has 1 aromatic rings. The number of nitrogens with one attached hydrogen (secondary N) is 1. The standard InChI is InChI=1S/C16H18N2/c1-9-6-13(5-4-12(9)8-17)18-16-14-10-2-3-11(7-10)15(14)16/h4-6,10-11,14-16,18H,2-3,7H2,1H3. The largest absolute Gasteiger partial charge is 0.382 e. The van der Waals surface area contributed by atoms with E-state index in [-0.39, 0.29) is 0 Å². The Morgan fingerprint density at radius 2 is 1.94 bits per heavy atom. The molecular formula is C16H18N2. The van der Waals surface area contributed by atoms with E-state index in [1.807, 2.05) is 13.0 Å². The van der Waals surface area contributed by atoms with Gasteiger partial charge in [0.25, 0.3) is 0 Å². The highest BCUT2D eigenvalue weighted by molar-refractivity contribution is 5.53. The summed E-state index contributed by atoms with van der Waals surface area (Å²) >= 11 is 0. The predicted octanol–water partition coefficient (Wildman–Crippen LogP) is 3.32. The van der Waals surface area contributed by atoms with Crippen LogP contribution in [0.4, 0.5) is 5.69 Å². The average molecular weight is 238 g/mol. The first kappa shape index (κ1) is 10.4. The molecule has 1 aromatic carbocycles. The van der Waals surface area contributed by atoms with Crippen molar-refractivity contribution in [3.8, 4) is 6.07 Å². The number of benzene rings is 1. The lowest BCUT2D eigenvalue weighted by molar-refractivity contribution is 0.456. The maximum atomic E-state index is 8.94. The first-order valence-corrected chi connectivity index (χ1v) is 7.05. The summed E-state index contributed by atoms with van der Waals surface area (Å²) in [6.45, 7) is 2.02. The second-order valence-corrected chi connectivity index (χ2v) is 6.30. The van der Waals surface area contributed by atoms with Gasteiger partial charge in [0, 0.05) is 11.7 Å². The highest BCUT2D eigenvalue weighted by Gasteiger charge is 2.64. The number of nitriles is 1. The fourth-order valence-corrected chi connectivity index (χ4v) is 4.59. The van der Waals surface area contributed by atoms with Crippen molar-refractivity contribution < 1.29 is 0 Å². The summed E-state index contributed by atoms with van der Waals surface area (Å²) in [6, 6.07) is 9.06. The lowest BCUT2D eigenvalue weighted by atomic mass is 10.0. The predicted molar refractivity (Wildman–Crippen MR) is 71.1 cm³/mol. The van der Waals surface area contributed by atoms with E-state index in [1.54, 1.807) is 0 Å². The van der Waals surface area contributed by atoms with E-state index in [1.165, 1.54) is 24.9 Å². The molecular weight excluding hydrogens is 220 g/mol. The Kier molecular flexibility index (Phi) is 2.03. The minimum absolute atomic E-state index is 0.726. The van der Waals surface area contributed by atoms with Crippen LogP contribution < -0.4 is 5.32 Å². The van der Waals surface area contributed by atoms with E-state index in [2.05, 4.69) is 23.5 Å². The van der Waals surface area contributed by atoms with Crippen molar-refractivity contribution in [1.29, 1.82) is 5.26 Å². The van der Waals surface area contributed by atoms with E-state index >= 15 is 0 Å². The summed E-state index contributed by atoms with van der Waals surface area (Å²) < 4.78 is 0. The number of anilines is 1. The van der Waals surface area contributed by atoms with Gasteiger partial charge in [0.15, 0.2) is 0 Å². The Hall–Kier alpha value is -1.49. The van der Waals surface area contributed by atoms with Crippen molar-refractivity contribution >= 4 is 5.69 Å². The molecule has 0 radical (unpaired) electrons. The van der Waals surface area contributed by atoms with Crippen molar-refractivity contribution in [3.05, 3.63) is 29.3 Å². The van der Waals surface area contributed by atoms with Crippen LogP contribution in [-0.2, 0) is 0 Å². The number of rotatable bonds is 2. The highest BCUT2D eigenvalue weighted by atomic mass is 15.0. The van der Waals surface area contributed by atoms with Crippen LogP contribution in [0.2, 0.25) is 0 Å². The second-order valence-electron chi connectivity index (χ2n) is 6.30. The minimum atomic E-state index is 0.726. The van der Waals surface area contributed by atoms with Gasteiger partial charge in [0.2, 0.25) is 0 Å². The molecule has 4 rings (SSSR count). The van der Waals surface area contributed by atoms with Crippen molar-refractivity contribution in [2.24, 2.45) is 23.7 Å². The SMILES string of the molecule is Cc1cc(NC2C3C4CCC(C4)C23)ccc1C#N. The molecule has 0 amide bonds. The van der Waals surface area contributed by atoms with Gasteiger partial charge in [-0.3, -0.25) is 0 Å². The van der Waals surface area contributed by atoms with E-state index in [0.717, 1.165) is 40.8 Å². The summed E-state index contributed by atoms with van der Waals surface area (Å²) in [5.74, 6) is 3.94. The molecule has 92 valence electrons. The van der Waals surface area contributed by atoms with Gasteiger partial charge in [-0.25, -0.2) is 0 Å². The van der Waals surface area contributed by atoms with Gasteiger partial charge >= 0.3 is 0 Å². The molecule has 0 aliphatic heterocycles. The van der Waals surface area contributed by atoms with Crippen molar-refractivity contribution in [3.63, 3.8) is 0 Å². The van der Waals surface area contributed by atoms with Crippen LogP contribution in [0.5, 0.6) is 0 Å². The molecule has 3 saturated carbocycles. The van der Waals surface area contributed by atoms with Crippen LogP contribution in [0.1, 0.15) is 30.4 Å². The first-order valence-electron chi connectivity index (χ1n) is 7.05. The third-order valence-electron chi connectivity index (χ3n) is 5.42. The average Bonchev–Trinajstić information content (AvgIpc) is 2.77. The maximum Gasteiger partial charge on any atom is 0.0994 e. The summed E-state index contributed by atoms with van der Waals surface area (Å²) in [6.07, 6.45) is 4.44. The molecule has 3 fully saturated rings. The third kappa shape index (κ3) is 1.34. The van der Waals surface area contributed by atoms with Gasteiger partial charge in [0.05, 0.1) is 11.6 Å². The summed E-state index contributed by atoms with van der Waals surface area (Å²) in [5.41, 5.74) is 3.07. The molecule has 0 saturated heterocycles. The van der Waals surface area contributed by atoms with Crippen LogP contribution in [0.15, 0.2) is 18.2 Å². The van der Waals surface area contributed by atoms with Gasteiger partial charge in [-0.15, -0.1) is 0 Å². The smallest absolute Gasteiger partial charge is 0.0994 e. The van der Waals surface area contributed by atoms with Crippen molar-refractivity contribution in [2.75, 3.05) is 5.32 Å². The van der Waals surface area contributed by atoms with Crippen LogP contribution in [0, 0.1) is 41.9 Å². The Balaban J connectivity index is 1.51. The topological polar surface area (TPSA) is 35.8 Å². The van der Waals surface area contributed by atoms with E-state index in [9.17, 15) is 0 Å². The molecule has 0 heterocycles. The zero-order valence-electron chi connectivity index (χ0n) is 10.7. The summed E-state index contributed by atoms with van der Waals surface area (Å²) in [7, 11) is 0. The van der Waals surface area contributed by atoms with Gasteiger partial charge in [0.1, 0.15) is 0 Å². The van der Waals surface area contributed by atoms with Gasteiger partial charge in [-0.2, -0.15) is 5.26 Å². The van der Waals surface area contributed by atoms with Crippen LogP contribution in [-0.4, -0.2) is 6.04 Å². The molecule has 18 heavy (non-hydrogen) atoms. The Morgan fingerprint density at radius 3 is 2.56 bits per heavy atom. The molecule has 0 aromatic heterocycles. The normalized spacial score (nSPS) is 39.2. The quantitative estimate of drug-likeness (QED) is 0.858.